The molecule has 2 rings (SSSR count). The largest absolute Gasteiger partial charge is 0.488 e. The standard InChI is InChI=1S/C12H13F2NO4/c1-18-10-9(3-2-8(15-10)11(16)17)19-6-7-4-12(13,14)5-7/h2-3,7H,4-6H2,1H3,(H,16,17). The molecule has 0 saturated heterocycles. The molecule has 1 N–H and O–H groups in total. The van der Waals surface area contributed by atoms with Gasteiger partial charge >= 0.3 is 5.97 Å². The first-order valence-corrected chi connectivity index (χ1v) is 5.70. The van der Waals surface area contributed by atoms with Crippen LogP contribution in [-0.2, 0) is 0 Å². The number of pyridine rings is 1. The predicted octanol–water partition coefficient (Wildman–Crippen LogP) is 2.21. The van der Waals surface area contributed by atoms with Gasteiger partial charge in [0.25, 0.3) is 5.88 Å². The van der Waals surface area contributed by atoms with E-state index < -0.39 is 11.9 Å². The van der Waals surface area contributed by atoms with Gasteiger partial charge in [-0.2, -0.15) is 0 Å². The second-order valence-corrected chi connectivity index (χ2v) is 4.45. The van der Waals surface area contributed by atoms with E-state index in [1.165, 1.54) is 19.2 Å². The third kappa shape index (κ3) is 3.10. The molecule has 104 valence electrons. The first-order valence-electron chi connectivity index (χ1n) is 5.70. The van der Waals surface area contributed by atoms with Crippen LogP contribution in [0.2, 0.25) is 0 Å². The van der Waals surface area contributed by atoms with Crippen molar-refractivity contribution in [3.05, 3.63) is 17.8 Å². The van der Waals surface area contributed by atoms with Crippen LogP contribution < -0.4 is 9.47 Å². The molecule has 1 saturated carbocycles. The fourth-order valence-electron chi connectivity index (χ4n) is 1.91. The van der Waals surface area contributed by atoms with Crippen molar-refractivity contribution in [1.82, 2.24) is 4.98 Å². The lowest BCUT2D eigenvalue weighted by molar-refractivity contribution is -0.119. The summed E-state index contributed by atoms with van der Waals surface area (Å²) < 4.78 is 35.5. The van der Waals surface area contributed by atoms with E-state index in [9.17, 15) is 13.6 Å². The van der Waals surface area contributed by atoms with Gasteiger partial charge < -0.3 is 14.6 Å². The number of aromatic carboxylic acids is 1. The maximum absolute atomic E-state index is 12.6. The molecule has 0 amide bonds. The summed E-state index contributed by atoms with van der Waals surface area (Å²) in [7, 11) is 1.33. The van der Waals surface area contributed by atoms with E-state index in [1.54, 1.807) is 0 Å². The predicted molar refractivity (Wildman–Crippen MR) is 60.9 cm³/mol. The summed E-state index contributed by atoms with van der Waals surface area (Å²) in [6, 6.07) is 2.68. The van der Waals surface area contributed by atoms with Crippen molar-refractivity contribution in [3.63, 3.8) is 0 Å². The molecule has 0 aromatic carbocycles. The Bertz CT molecular complexity index is 485. The van der Waals surface area contributed by atoms with E-state index in [4.69, 9.17) is 14.6 Å². The van der Waals surface area contributed by atoms with Crippen LogP contribution in [-0.4, -0.2) is 35.7 Å². The summed E-state index contributed by atoms with van der Waals surface area (Å²) in [5.41, 5.74) is -0.167. The Hall–Kier alpha value is -1.92. The zero-order chi connectivity index (χ0) is 14.0. The van der Waals surface area contributed by atoms with Gasteiger partial charge in [0, 0.05) is 18.8 Å². The number of hydrogen-bond donors (Lipinski definition) is 1. The molecule has 7 heteroatoms. The molecule has 1 aromatic heterocycles. The van der Waals surface area contributed by atoms with Crippen molar-refractivity contribution in [2.45, 2.75) is 18.8 Å². The summed E-state index contributed by atoms with van der Waals surface area (Å²) >= 11 is 0. The highest BCUT2D eigenvalue weighted by Crippen LogP contribution is 2.42. The van der Waals surface area contributed by atoms with Crippen molar-refractivity contribution in [2.24, 2.45) is 5.92 Å². The molecule has 1 aliphatic rings. The third-order valence-electron chi connectivity index (χ3n) is 2.89. The van der Waals surface area contributed by atoms with Crippen LogP contribution in [0.25, 0.3) is 0 Å². The Balaban J connectivity index is 1.98. The molecular formula is C12H13F2NO4. The second kappa shape index (κ2) is 4.99. The number of hydrogen-bond acceptors (Lipinski definition) is 4. The van der Waals surface area contributed by atoms with Gasteiger partial charge in [0.2, 0.25) is 5.92 Å². The number of carboxylic acids is 1. The van der Waals surface area contributed by atoms with Gasteiger partial charge in [0.1, 0.15) is 0 Å². The van der Waals surface area contributed by atoms with Crippen molar-refractivity contribution in [3.8, 4) is 11.6 Å². The summed E-state index contributed by atoms with van der Waals surface area (Å²) in [6.07, 6.45) is -0.369. The van der Waals surface area contributed by atoms with E-state index >= 15 is 0 Å². The van der Waals surface area contributed by atoms with Crippen LogP contribution in [0.1, 0.15) is 23.3 Å². The van der Waals surface area contributed by atoms with Crippen LogP contribution in [0.5, 0.6) is 11.6 Å². The quantitative estimate of drug-likeness (QED) is 0.890. The number of alkyl halides is 2. The van der Waals surface area contributed by atoms with Crippen LogP contribution in [0, 0.1) is 5.92 Å². The van der Waals surface area contributed by atoms with Gasteiger partial charge in [-0.05, 0) is 12.1 Å². The molecule has 0 unspecified atom stereocenters. The number of nitrogens with zero attached hydrogens (tertiary/aromatic N) is 1. The van der Waals surface area contributed by atoms with Gasteiger partial charge in [0.15, 0.2) is 11.4 Å². The van der Waals surface area contributed by atoms with Crippen LogP contribution in [0.3, 0.4) is 0 Å². The fourth-order valence-corrected chi connectivity index (χ4v) is 1.91. The molecule has 0 atom stereocenters. The molecule has 0 spiro atoms. The zero-order valence-corrected chi connectivity index (χ0v) is 10.2. The third-order valence-corrected chi connectivity index (χ3v) is 2.89. The Labute approximate surface area is 108 Å². The number of aromatic nitrogens is 1. The Morgan fingerprint density at radius 2 is 2.21 bits per heavy atom. The van der Waals surface area contributed by atoms with E-state index in [-0.39, 0.29) is 42.7 Å². The average molecular weight is 273 g/mol. The molecule has 5 nitrogen and oxygen atoms in total. The number of methoxy groups -OCH3 is 1. The van der Waals surface area contributed by atoms with Crippen LogP contribution >= 0.6 is 0 Å². The summed E-state index contributed by atoms with van der Waals surface area (Å²) in [5, 5.41) is 8.78. The maximum atomic E-state index is 12.6. The van der Waals surface area contributed by atoms with Crippen LogP contribution in [0.4, 0.5) is 8.78 Å². The first-order chi connectivity index (χ1) is 8.91. The lowest BCUT2D eigenvalue weighted by Crippen LogP contribution is -2.38. The summed E-state index contributed by atoms with van der Waals surface area (Å²) in [6.45, 7) is 0.139. The summed E-state index contributed by atoms with van der Waals surface area (Å²) in [4.78, 5) is 14.5. The van der Waals surface area contributed by atoms with Crippen molar-refractivity contribution < 1.29 is 28.2 Å². The topological polar surface area (TPSA) is 68.7 Å². The molecule has 1 aromatic rings. The smallest absolute Gasteiger partial charge is 0.354 e. The Morgan fingerprint density at radius 3 is 2.74 bits per heavy atom. The highest BCUT2D eigenvalue weighted by molar-refractivity contribution is 5.85. The van der Waals surface area contributed by atoms with Gasteiger partial charge in [-0.15, -0.1) is 0 Å². The summed E-state index contributed by atoms with van der Waals surface area (Å²) in [5.74, 6) is -3.67. The minimum atomic E-state index is -2.58. The fraction of sp³-hybridized carbons (Fsp3) is 0.500. The van der Waals surface area contributed by atoms with Gasteiger partial charge in [-0.25, -0.2) is 18.6 Å². The minimum absolute atomic E-state index is 0.0333. The SMILES string of the molecule is COc1nc(C(=O)O)ccc1OCC1CC(F)(F)C1. The van der Waals surface area contributed by atoms with Crippen molar-refractivity contribution in [1.29, 1.82) is 0 Å². The molecule has 0 bridgehead atoms. The molecule has 0 radical (unpaired) electrons. The lowest BCUT2D eigenvalue weighted by atomic mass is 9.82. The van der Waals surface area contributed by atoms with Crippen molar-refractivity contribution in [2.75, 3.05) is 13.7 Å². The molecule has 1 aliphatic carbocycles. The maximum Gasteiger partial charge on any atom is 0.354 e. The number of rotatable bonds is 5. The van der Waals surface area contributed by atoms with Gasteiger partial charge in [-0.3, -0.25) is 0 Å². The average Bonchev–Trinajstić information content (AvgIpc) is 2.33. The Kier molecular flexibility index (Phi) is 3.55. The first kappa shape index (κ1) is 13.5. The molecular weight excluding hydrogens is 260 g/mol. The molecule has 0 aliphatic heterocycles. The van der Waals surface area contributed by atoms with Gasteiger partial charge in [0.05, 0.1) is 13.7 Å². The minimum Gasteiger partial charge on any atom is -0.488 e. The highest BCUT2D eigenvalue weighted by atomic mass is 19.3. The number of carboxylic acid groups (broad SMARTS) is 1. The van der Waals surface area contributed by atoms with E-state index in [0.29, 0.717) is 0 Å². The van der Waals surface area contributed by atoms with Crippen molar-refractivity contribution >= 4 is 5.97 Å². The van der Waals surface area contributed by atoms with E-state index in [2.05, 4.69) is 4.98 Å². The number of halogens is 2. The monoisotopic (exact) mass is 273 g/mol. The molecule has 1 heterocycles. The van der Waals surface area contributed by atoms with Gasteiger partial charge in [-0.1, -0.05) is 0 Å². The molecule has 19 heavy (non-hydrogen) atoms. The second-order valence-electron chi connectivity index (χ2n) is 4.45. The molecule has 1 fully saturated rings. The number of ether oxygens (including phenoxy) is 2. The zero-order valence-electron chi connectivity index (χ0n) is 10.2. The van der Waals surface area contributed by atoms with E-state index in [1.807, 2.05) is 0 Å². The normalized spacial score (nSPS) is 17.6. The van der Waals surface area contributed by atoms with Crippen LogP contribution in [0.15, 0.2) is 12.1 Å². The number of carbonyl (C=O) groups is 1. The van der Waals surface area contributed by atoms with E-state index in [0.717, 1.165) is 0 Å². The Morgan fingerprint density at radius 1 is 1.53 bits per heavy atom. The highest BCUT2D eigenvalue weighted by Gasteiger charge is 2.45. The lowest BCUT2D eigenvalue weighted by Gasteiger charge is -2.34.